The van der Waals surface area contributed by atoms with Crippen LogP contribution in [-0.4, -0.2) is 43.9 Å². The van der Waals surface area contributed by atoms with Crippen molar-refractivity contribution >= 4 is 0 Å². The third-order valence-electron chi connectivity index (χ3n) is 2.50. The summed E-state index contributed by atoms with van der Waals surface area (Å²) in [4.78, 5) is 0. The highest BCUT2D eigenvalue weighted by atomic mass is 16.5. The van der Waals surface area contributed by atoms with Gasteiger partial charge in [-0.05, 0) is 13.3 Å². The van der Waals surface area contributed by atoms with E-state index in [4.69, 9.17) is 10.5 Å². The molecule has 3 N–H and O–H groups in total. The van der Waals surface area contributed by atoms with Gasteiger partial charge in [0, 0.05) is 27.2 Å². The Labute approximate surface area is 74.0 Å². The summed E-state index contributed by atoms with van der Waals surface area (Å²) in [5.74, 6) is 0. The minimum atomic E-state index is -0.0521. The second kappa shape index (κ2) is 3.70. The smallest absolute Gasteiger partial charge is 0.0754 e. The van der Waals surface area contributed by atoms with Gasteiger partial charge in [0.05, 0.1) is 11.6 Å². The van der Waals surface area contributed by atoms with Crippen molar-refractivity contribution in [1.29, 1.82) is 0 Å². The molecular formula is C8H19N3O. The molecule has 1 aliphatic heterocycles. The lowest BCUT2D eigenvalue weighted by Gasteiger charge is -2.34. The molecule has 0 radical (unpaired) electrons. The summed E-state index contributed by atoms with van der Waals surface area (Å²) in [7, 11) is 3.95. The normalized spacial score (nSPS) is 36.2. The van der Waals surface area contributed by atoms with Gasteiger partial charge >= 0.3 is 0 Å². The molecule has 1 saturated heterocycles. The molecule has 72 valence electrons. The maximum absolute atomic E-state index is 5.74. The number of nitrogens with zero attached hydrogens (tertiary/aromatic N) is 1. The summed E-state index contributed by atoms with van der Waals surface area (Å²) < 4.78 is 5.49. The molecule has 1 fully saturated rings. The molecular weight excluding hydrogens is 154 g/mol. The van der Waals surface area contributed by atoms with E-state index in [9.17, 15) is 0 Å². The summed E-state index contributed by atoms with van der Waals surface area (Å²) >= 11 is 0. The Morgan fingerprint density at radius 1 is 1.67 bits per heavy atom. The molecule has 2 atom stereocenters. The van der Waals surface area contributed by atoms with Crippen LogP contribution < -0.4 is 11.2 Å². The minimum absolute atomic E-state index is 0.0521. The van der Waals surface area contributed by atoms with Crippen LogP contribution in [0.1, 0.15) is 13.3 Å². The third-order valence-corrected chi connectivity index (χ3v) is 2.50. The van der Waals surface area contributed by atoms with Crippen LogP contribution in [0, 0.1) is 0 Å². The van der Waals surface area contributed by atoms with E-state index in [0.717, 1.165) is 13.0 Å². The van der Waals surface area contributed by atoms with Crippen LogP contribution in [0.25, 0.3) is 0 Å². The van der Waals surface area contributed by atoms with Crippen LogP contribution in [0.15, 0.2) is 0 Å². The van der Waals surface area contributed by atoms with Crippen molar-refractivity contribution in [3.8, 4) is 0 Å². The maximum atomic E-state index is 5.74. The highest BCUT2D eigenvalue weighted by molar-refractivity contribution is 4.97. The van der Waals surface area contributed by atoms with Gasteiger partial charge in [-0.15, -0.1) is 0 Å². The average Bonchev–Trinajstić information content (AvgIpc) is 2.32. The highest BCUT2D eigenvalue weighted by Gasteiger charge is 2.40. The first kappa shape index (κ1) is 9.92. The van der Waals surface area contributed by atoms with E-state index in [2.05, 4.69) is 12.3 Å². The van der Waals surface area contributed by atoms with Crippen molar-refractivity contribution in [3.05, 3.63) is 0 Å². The van der Waals surface area contributed by atoms with Crippen molar-refractivity contribution in [1.82, 2.24) is 10.4 Å². The summed E-state index contributed by atoms with van der Waals surface area (Å²) in [6, 6.07) is 0. The number of hydrazine groups is 1. The zero-order chi connectivity index (χ0) is 9.19. The van der Waals surface area contributed by atoms with E-state index >= 15 is 0 Å². The molecule has 0 aromatic carbocycles. The second-order valence-electron chi connectivity index (χ2n) is 3.63. The number of nitrogens with one attached hydrogen (secondary N) is 1. The molecule has 1 heterocycles. The van der Waals surface area contributed by atoms with Crippen LogP contribution in [0.3, 0.4) is 0 Å². The maximum Gasteiger partial charge on any atom is 0.0754 e. The summed E-state index contributed by atoms with van der Waals surface area (Å²) in [6.07, 6.45) is 1.19. The summed E-state index contributed by atoms with van der Waals surface area (Å²) in [6.45, 7) is 3.49. The Balaban J connectivity index is 2.61. The van der Waals surface area contributed by atoms with Gasteiger partial charge < -0.3 is 10.5 Å². The van der Waals surface area contributed by atoms with E-state index in [0.29, 0.717) is 6.54 Å². The van der Waals surface area contributed by atoms with Crippen molar-refractivity contribution in [2.75, 3.05) is 27.2 Å². The van der Waals surface area contributed by atoms with Crippen molar-refractivity contribution in [3.63, 3.8) is 0 Å². The SMILES string of the molecule is CC1OCCC1(CN)NN(C)C. The summed E-state index contributed by atoms with van der Waals surface area (Å²) in [5.41, 5.74) is 9.02. The summed E-state index contributed by atoms with van der Waals surface area (Å²) in [5, 5.41) is 1.94. The number of rotatable bonds is 3. The largest absolute Gasteiger partial charge is 0.376 e. The minimum Gasteiger partial charge on any atom is -0.376 e. The molecule has 0 bridgehead atoms. The van der Waals surface area contributed by atoms with Gasteiger partial charge in [0.15, 0.2) is 0 Å². The highest BCUT2D eigenvalue weighted by Crippen LogP contribution is 2.24. The fourth-order valence-electron chi connectivity index (χ4n) is 1.69. The Hall–Kier alpha value is -0.160. The van der Waals surface area contributed by atoms with Crippen LogP contribution in [-0.2, 0) is 4.74 Å². The van der Waals surface area contributed by atoms with E-state index < -0.39 is 0 Å². The lowest BCUT2D eigenvalue weighted by Crippen LogP contribution is -2.60. The lowest BCUT2D eigenvalue weighted by molar-refractivity contribution is 0.0550. The molecule has 12 heavy (non-hydrogen) atoms. The van der Waals surface area contributed by atoms with E-state index in [1.807, 2.05) is 19.1 Å². The molecule has 4 heteroatoms. The third kappa shape index (κ3) is 1.77. The van der Waals surface area contributed by atoms with Crippen LogP contribution >= 0.6 is 0 Å². The standard InChI is InChI=1S/C8H19N3O/c1-7-8(6-9,4-5-12-7)10-11(2)3/h7,10H,4-6,9H2,1-3H3. The van der Waals surface area contributed by atoms with Gasteiger partial charge in [-0.3, -0.25) is 0 Å². The van der Waals surface area contributed by atoms with Crippen LogP contribution in [0.4, 0.5) is 0 Å². The molecule has 0 spiro atoms. The van der Waals surface area contributed by atoms with Gasteiger partial charge in [0.25, 0.3) is 0 Å². The Bertz CT molecular complexity index is 151. The van der Waals surface area contributed by atoms with E-state index in [1.54, 1.807) is 0 Å². The van der Waals surface area contributed by atoms with Crippen molar-refractivity contribution in [2.24, 2.45) is 5.73 Å². The monoisotopic (exact) mass is 173 g/mol. The van der Waals surface area contributed by atoms with Crippen molar-refractivity contribution < 1.29 is 4.74 Å². The first-order valence-electron chi connectivity index (χ1n) is 4.37. The van der Waals surface area contributed by atoms with E-state index in [-0.39, 0.29) is 11.6 Å². The molecule has 0 saturated carbocycles. The van der Waals surface area contributed by atoms with Gasteiger partial charge in [0.2, 0.25) is 0 Å². The van der Waals surface area contributed by atoms with Crippen LogP contribution in [0.2, 0.25) is 0 Å². The molecule has 4 nitrogen and oxygen atoms in total. The Kier molecular flexibility index (Phi) is 3.06. The molecule has 0 amide bonds. The van der Waals surface area contributed by atoms with Crippen molar-refractivity contribution in [2.45, 2.75) is 25.0 Å². The predicted octanol–water partition coefficient (Wildman–Crippen LogP) is -0.441. The molecule has 1 aliphatic rings. The van der Waals surface area contributed by atoms with Gasteiger partial charge in [-0.25, -0.2) is 10.4 Å². The fourth-order valence-corrected chi connectivity index (χ4v) is 1.69. The number of ether oxygens (including phenoxy) is 1. The molecule has 1 rings (SSSR count). The van der Waals surface area contributed by atoms with Gasteiger partial charge in [0.1, 0.15) is 0 Å². The zero-order valence-corrected chi connectivity index (χ0v) is 8.13. The quantitative estimate of drug-likeness (QED) is 0.568. The van der Waals surface area contributed by atoms with Gasteiger partial charge in [-0.2, -0.15) is 0 Å². The Morgan fingerprint density at radius 2 is 2.33 bits per heavy atom. The predicted molar refractivity (Wildman–Crippen MR) is 48.6 cm³/mol. The second-order valence-corrected chi connectivity index (χ2v) is 3.63. The van der Waals surface area contributed by atoms with Gasteiger partial charge in [-0.1, -0.05) is 0 Å². The fraction of sp³-hybridized carbons (Fsp3) is 1.00. The number of hydrogen-bond acceptors (Lipinski definition) is 4. The Morgan fingerprint density at radius 3 is 2.67 bits per heavy atom. The average molecular weight is 173 g/mol. The topological polar surface area (TPSA) is 50.5 Å². The number of nitrogens with two attached hydrogens (primary N) is 1. The van der Waals surface area contributed by atoms with Crippen LogP contribution in [0.5, 0.6) is 0 Å². The molecule has 0 aliphatic carbocycles. The molecule has 0 aromatic rings. The lowest BCUT2D eigenvalue weighted by atomic mass is 9.93. The first-order chi connectivity index (χ1) is 5.60. The first-order valence-corrected chi connectivity index (χ1v) is 4.37. The molecule has 0 aromatic heterocycles. The van der Waals surface area contributed by atoms with E-state index in [1.165, 1.54) is 0 Å². The molecule has 2 unspecified atom stereocenters. The number of hydrogen-bond donors (Lipinski definition) is 2. The zero-order valence-electron chi connectivity index (χ0n) is 8.13.